The molecule has 1 aromatic carbocycles. The normalized spacial score (nSPS) is 19.0. The van der Waals surface area contributed by atoms with E-state index in [0.717, 1.165) is 6.54 Å². The van der Waals surface area contributed by atoms with Gasteiger partial charge >= 0.3 is 0 Å². The monoisotopic (exact) mass is 255 g/mol. The Morgan fingerprint density at radius 2 is 2.05 bits per heavy atom. The van der Waals surface area contributed by atoms with Gasteiger partial charge in [-0.2, -0.15) is 5.10 Å². The van der Waals surface area contributed by atoms with Gasteiger partial charge in [-0.3, -0.25) is 4.68 Å². The van der Waals surface area contributed by atoms with Crippen LogP contribution in [-0.2, 0) is 7.05 Å². The van der Waals surface area contributed by atoms with Crippen molar-refractivity contribution in [2.75, 3.05) is 6.54 Å². The van der Waals surface area contributed by atoms with Gasteiger partial charge in [-0.15, -0.1) is 0 Å². The molecule has 3 rings (SSSR count). The summed E-state index contributed by atoms with van der Waals surface area (Å²) in [7, 11) is 2.04. The first-order chi connectivity index (χ1) is 9.18. The van der Waals surface area contributed by atoms with Crippen LogP contribution in [0, 0.1) is 13.8 Å². The van der Waals surface area contributed by atoms with Crippen LogP contribution in [-0.4, -0.2) is 16.3 Å². The van der Waals surface area contributed by atoms with Crippen molar-refractivity contribution < 1.29 is 0 Å². The average molecular weight is 255 g/mol. The highest BCUT2D eigenvalue weighted by Gasteiger charge is 2.25. The molecule has 3 nitrogen and oxygen atoms in total. The maximum absolute atomic E-state index is 4.76. The number of benzene rings is 1. The number of hydrogen-bond donors (Lipinski definition) is 1. The zero-order chi connectivity index (χ0) is 13.4. The summed E-state index contributed by atoms with van der Waals surface area (Å²) in [4.78, 5) is 0. The van der Waals surface area contributed by atoms with E-state index in [1.165, 1.54) is 40.9 Å². The van der Waals surface area contributed by atoms with E-state index >= 15 is 0 Å². The van der Waals surface area contributed by atoms with Crippen LogP contribution in [0.5, 0.6) is 0 Å². The fourth-order valence-corrected chi connectivity index (χ4v) is 2.98. The maximum atomic E-state index is 4.76. The molecule has 1 fully saturated rings. The molecule has 2 aromatic rings. The molecule has 19 heavy (non-hydrogen) atoms. The topological polar surface area (TPSA) is 29.9 Å². The first kappa shape index (κ1) is 12.4. The Labute approximate surface area is 114 Å². The molecular weight excluding hydrogens is 234 g/mol. The van der Waals surface area contributed by atoms with Crippen LogP contribution in [0.15, 0.2) is 24.3 Å². The lowest BCUT2D eigenvalue weighted by atomic mass is 9.95. The van der Waals surface area contributed by atoms with Gasteiger partial charge in [0.25, 0.3) is 0 Å². The molecule has 100 valence electrons. The van der Waals surface area contributed by atoms with Crippen molar-refractivity contribution in [2.24, 2.45) is 7.05 Å². The Morgan fingerprint density at radius 3 is 2.74 bits per heavy atom. The molecule has 1 aromatic heterocycles. The van der Waals surface area contributed by atoms with Crippen LogP contribution in [0.25, 0.3) is 11.1 Å². The van der Waals surface area contributed by atoms with Crippen molar-refractivity contribution in [3.05, 3.63) is 41.2 Å². The lowest BCUT2D eigenvalue weighted by molar-refractivity contribution is 0.605. The van der Waals surface area contributed by atoms with Crippen molar-refractivity contribution >= 4 is 0 Å². The lowest BCUT2D eigenvalue weighted by Crippen LogP contribution is -2.14. The summed E-state index contributed by atoms with van der Waals surface area (Å²) in [6, 6.07) is 9.00. The molecule has 1 aliphatic heterocycles. The fraction of sp³-hybridized carbons (Fsp3) is 0.438. The molecule has 0 radical (unpaired) electrons. The van der Waals surface area contributed by atoms with Gasteiger partial charge in [0.2, 0.25) is 0 Å². The molecule has 1 unspecified atom stereocenters. The molecule has 1 saturated heterocycles. The minimum Gasteiger partial charge on any atom is -0.309 e. The summed E-state index contributed by atoms with van der Waals surface area (Å²) in [5, 5.41) is 8.33. The van der Waals surface area contributed by atoms with Crippen LogP contribution < -0.4 is 5.32 Å². The first-order valence-electron chi connectivity index (χ1n) is 7.01. The third kappa shape index (κ3) is 2.08. The Hall–Kier alpha value is -1.61. The van der Waals surface area contributed by atoms with Gasteiger partial charge in [0.1, 0.15) is 0 Å². The minimum atomic E-state index is 0.412. The summed E-state index contributed by atoms with van der Waals surface area (Å²) in [6.07, 6.45) is 2.43. The summed E-state index contributed by atoms with van der Waals surface area (Å²) < 4.78 is 2.01. The van der Waals surface area contributed by atoms with Crippen molar-refractivity contribution in [3.63, 3.8) is 0 Å². The van der Waals surface area contributed by atoms with E-state index in [1.54, 1.807) is 0 Å². The van der Waals surface area contributed by atoms with E-state index in [2.05, 4.69) is 43.4 Å². The molecular formula is C16H21N3. The number of nitrogens with one attached hydrogen (secondary N) is 1. The Bertz CT molecular complexity index is 592. The highest BCUT2D eigenvalue weighted by Crippen LogP contribution is 2.35. The second-order valence-electron chi connectivity index (χ2n) is 5.43. The minimum absolute atomic E-state index is 0.412. The van der Waals surface area contributed by atoms with Crippen LogP contribution >= 0.6 is 0 Å². The van der Waals surface area contributed by atoms with E-state index in [9.17, 15) is 0 Å². The highest BCUT2D eigenvalue weighted by atomic mass is 15.3. The third-order valence-corrected chi connectivity index (χ3v) is 4.17. The van der Waals surface area contributed by atoms with Crippen molar-refractivity contribution in [1.82, 2.24) is 15.1 Å². The van der Waals surface area contributed by atoms with Gasteiger partial charge in [0, 0.05) is 18.3 Å². The molecule has 1 aliphatic rings. The van der Waals surface area contributed by atoms with Crippen LogP contribution in [0.3, 0.4) is 0 Å². The standard InChI is InChI=1S/C16H21N3/c1-11-7-4-5-8-13(11)15-12(2)19(3)18-16(15)14-9-6-10-17-14/h4-5,7-8,14,17H,6,9-10H2,1-3H3. The average Bonchev–Trinajstić information content (AvgIpc) is 3.01. The number of hydrogen-bond acceptors (Lipinski definition) is 2. The van der Waals surface area contributed by atoms with E-state index in [4.69, 9.17) is 5.10 Å². The zero-order valence-corrected chi connectivity index (χ0v) is 11.9. The molecule has 2 heterocycles. The summed E-state index contributed by atoms with van der Waals surface area (Å²) in [6.45, 7) is 5.44. The molecule has 3 heteroatoms. The molecule has 0 amide bonds. The number of nitrogens with zero attached hydrogens (tertiary/aromatic N) is 2. The first-order valence-corrected chi connectivity index (χ1v) is 7.01. The molecule has 0 bridgehead atoms. The largest absolute Gasteiger partial charge is 0.309 e. The smallest absolute Gasteiger partial charge is 0.0875 e. The number of aromatic nitrogens is 2. The number of rotatable bonds is 2. The van der Waals surface area contributed by atoms with E-state index in [-0.39, 0.29) is 0 Å². The molecule has 0 aliphatic carbocycles. The van der Waals surface area contributed by atoms with Gasteiger partial charge in [0.05, 0.1) is 11.7 Å². The third-order valence-electron chi connectivity index (χ3n) is 4.17. The Morgan fingerprint density at radius 1 is 1.26 bits per heavy atom. The van der Waals surface area contributed by atoms with E-state index in [0.29, 0.717) is 6.04 Å². The predicted octanol–water partition coefficient (Wildman–Crippen LogP) is 3.13. The maximum Gasteiger partial charge on any atom is 0.0875 e. The molecule has 1 N–H and O–H groups in total. The summed E-state index contributed by atoms with van der Waals surface area (Å²) in [5.41, 5.74) is 6.42. The van der Waals surface area contributed by atoms with Gasteiger partial charge in [-0.1, -0.05) is 24.3 Å². The van der Waals surface area contributed by atoms with Gasteiger partial charge in [-0.05, 0) is 44.4 Å². The van der Waals surface area contributed by atoms with Crippen molar-refractivity contribution in [3.8, 4) is 11.1 Å². The Balaban J connectivity index is 2.16. The van der Waals surface area contributed by atoms with Crippen molar-refractivity contribution in [1.29, 1.82) is 0 Å². The van der Waals surface area contributed by atoms with Gasteiger partial charge in [0.15, 0.2) is 0 Å². The van der Waals surface area contributed by atoms with Gasteiger partial charge < -0.3 is 5.32 Å². The molecule has 0 saturated carbocycles. The zero-order valence-electron chi connectivity index (χ0n) is 11.9. The van der Waals surface area contributed by atoms with Crippen LogP contribution in [0.2, 0.25) is 0 Å². The van der Waals surface area contributed by atoms with Crippen LogP contribution in [0.4, 0.5) is 0 Å². The van der Waals surface area contributed by atoms with Crippen molar-refractivity contribution in [2.45, 2.75) is 32.7 Å². The second kappa shape index (κ2) is 4.82. The Kier molecular flexibility index (Phi) is 3.15. The predicted molar refractivity (Wildman–Crippen MR) is 78.1 cm³/mol. The lowest BCUT2D eigenvalue weighted by Gasteiger charge is -2.12. The molecule has 1 atom stereocenters. The van der Waals surface area contributed by atoms with E-state index < -0.39 is 0 Å². The fourth-order valence-electron chi connectivity index (χ4n) is 2.98. The summed E-state index contributed by atoms with van der Waals surface area (Å²) >= 11 is 0. The van der Waals surface area contributed by atoms with Gasteiger partial charge in [-0.25, -0.2) is 0 Å². The quantitative estimate of drug-likeness (QED) is 0.893. The van der Waals surface area contributed by atoms with E-state index in [1.807, 2.05) is 11.7 Å². The summed E-state index contributed by atoms with van der Waals surface area (Å²) in [5.74, 6) is 0. The SMILES string of the molecule is Cc1ccccc1-c1c(C2CCCN2)nn(C)c1C. The highest BCUT2D eigenvalue weighted by molar-refractivity contribution is 5.72. The second-order valence-corrected chi connectivity index (χ2v) is 5.43. The molecule has 0 spiro atoms. The number of aryl methyl sites for hydroxylation is 2. The van der Waals surface area contributed by atoms with Crippen LogP contribution in [0.1, 0.15) is 35.8 Å².